The van der Waals surface area contributed by atoms with Gasteiger partial charge in [0.15, 0.2) is 0 Å². The molecule has 80 valence electrons. The highest BCUT2D eigenvalue weighted by molar-refractivity contribution is 7.17. The lowest BCUT2D eigenvalue weighted by Crippen LogP contribution is -2.33. The fraction of sp³-hybridized carbons (Fsp3) is 0.333. The van der Waals surface area contributed by atoms with E-state index >= 15 is 0 Å². The molecule has 15 heavy (non-hydrogen) atoms. The number of hydrogen-bond donors (Lipinski definition) is 2. The molecule has 0 saturated carbocycles. The fourth-order valence-corrected chi connectivity index (χ4v) is 2.78. The van der Waals surface area contributed by atoms with E-state index in [0.717, 1.165) is 13.0 Å². The van der Waals surface area contributed by atoms with Crippen LogP contribution < -0.4 is 11.1 Å². The Kier molecular flexibility index (Phi) is 3.36. The molecular formula is C12H16N2S. The van der Waals surface area contributed by atoms with E-state index in [2.05, 4.69) is 35.0 Å². The van der Waals surface area contributed by atoms with Gasteiger partial charge in [0, 0.05) is 17.3 Å². The molecule has 2 rings (SSSR count). The smallest absolute Gasteiger partial charge is 0.0345 e. The van der Waals surface area contributed by atoms with Crippen LogP contribution >= 0.6 is 11.3 Å². The molecule has 2 aromatic rings. The molecule has 1 aromatic carbocycles. The van der Waals surface area contributed by atoms with Gasteiger partial charge in [0.05, 0.1) is 0 Å². The number of benzene rings is 1. The summed E-state index contributed by atoms with van der Waals surface area (Å²) in [7, 11) is 1.94. The van der Waals surface area contributed by atoms with Crippen LogP contribution in [-0.4, -0.2) is 19.6 Å². The third-order valence-electron chi connectivity index (χ3n) is 2.51. The van der Waals surface area contributed by atoms with Gasteiger partial charge in [-0.25, -0.2) is 0 Å². The number of nitrogens with two attached hydrogens (primary N) is 1. The van der Waals surface area contributed by atoms with E-state index in [1.807, 2.05) is 7.05 Å². The molecule has 1 heterocycles. The van der Waals surface area contributed by atoms with Crippen LogP contribution in [0.2, 0.25) is 0 Å². The summed E-state index contributed by atoms with van der Waals surface area (Å²) in [4.78, 5) is 0. The molecule has 0 amide bonds. The Morgan fingerprint density at radius 3 is 3.00 bits per heavy atom. The first-order valence-electron chi connectivity index (χ1n) is 5.16. The summed E-state index contributed by atoms with van der Waals surface area (Å²) >= 11 is 1.80. The summed E-state index contributed by atoms with van der Waals surface area (Å²) in [5.74, 6) is 0. The van der Waals surface area contributed by atoms with E-state index in [4.69, 9.17) is 5.73 Å². The monoisotopic (exact) mass is 220 g/mol. The summed E-state index contributed by atoms with van der Waals surface area (Å²) in [5.41, 5.74) is 7.38. The number of hydrogen-bond acceptors (Lipinski definition) is 3. The minimum Gasteiger partial charge on any atom is -0.326 e. The first-order valence-corrected chi connectivity index (χ1v) is 6.04. The second-order valence-electron chi connectivity index (χ2n) is 3.78. The topological polar surface area (TPSA) is 38.0 Å². The Labute approximate surface area is 94.1 Å². The van der Waals surface area contributed by atoms with Gasteiger partial charge in [-0.2, -0.15) is 0 Å². The highest BCUT2D eigenvalue weighted by Gasteiger charge is 2.07. The van der Waals surface area contributed by atoms with Crippen LogP contribution in [0.3, 0.4) is 0 Å². The van der Waals surface area contributed by atoms with Gasteiger partial charge in [-0.05, 0) is 35.9 Å². The van der Waals surface area contributed by atoms with E-state index in [0.29, 0.717) is 0 Å². The molecular weight excluding hydrogens is 204 g/mol. The molecule has 1 unspecified atom stereocenters. The Morgan fingerprint density at radius 1 is 1.40 bits per heavy atom. The molecule has 1 aromatic heterocycles. The third kappa shape index (κ3) is 2.37. The van der Waals surface area contributed by atoms with E-state index in [1.165, 1.54) is 15.6 Å². The number of rotatable bonds is 4. The standard InChI is InChI=1S/C12H16N2S/c1-14-7-10(13)6-9-8-15-12-5-3-2-4-11(9)12/h2-5,8,10,14H,6-7,13H2,1H3. The average Bonchev–Trinajstić information content (AvgIpc) is 2.62. The molecule has 0 aliphatic carbocycles. The first-order chi connectivity index (χ1) is 7.31. The zero-order valence-corrected chi connectivity index (χ0v) is 9.68. The minimum absolute atomic E-state index is 0.202. The largest absolute Gasteiger partial charge is 0.326 e. The highest BCUT2D eigenvalue weighted by atomic mass is 32.1. The second kappa shape index (κ2) is 4.75. The summed E-state index contributed by atoms with van der Waals surface area (Å²) < 4.78 is 1.35. The number of thiophene rings is 1. The van der Waals surface area contributed by atoms with Crippen LogP contribution in [0.1, 0.15) is 5.56 Å². The van der Waals surface area contributed by atoms with Gasteiger partial charge in [0.1, 0.15) is 0 Å². The van der Waals surface area contributed by atoms with Crippen LogP contribution in [0, 0.1) is 0 Å². The zero-order chi connectivity index (χ0) is 10.7. The number of nitrogens with one attached hydrogen (secondary N) is 1. The lowest BCUT2D eigenvalue weighted by Gasteiger charge is -2.09. The zero-order valence-electron chi connectivity index (χ0n) is 8.86. The molecule has 0 fully saturated rings. The van der Waals surface area contributed by atoms with Crippen molar-refractivity contribution in [3.63, 3.8) is 0 Å². The number of fused-ring (bicyclic) bond motifs is 1. The van der Waals surface area contributed by atoms with Crippen LogP contribution in [0.4, 0.5) is 0 Å². The Bertz CT molecular complexity index is 436. The van der Waals surface area contributed by atoms with E-state index < -0.39 is 0 Å². The average molecular weight is 220 g/mol. The van der Waals surface area contributed by atoms with E-state index in [1.54, 1.807) is 11.3 Å². The molecule has 0 radical (unpaired) electrons. The summed E-state index contributed by atoms with van der Waals surface area (Å²) in [6, 6.07) is 8.70. The van der Waals surface area contributed by atoms with Gasteiger partial charge < -0.3 is 11.1 Å². The Balaban J connectivity index is 2.21. The second-order valence-corrected chi connectivity index (χ2v) is 4.69. The highest BCUT2D eigenvalue weighted by Crippen LogP contribution is 2.26. The van der Waals surface area contributed by atoms with Gasteiger partial charge >= 0.3 is 0 Å². The molecule has 0 saturated heterocycles. The Hall–Kier alpha value is -0.900. The maximum atomic E-state index is 6.01. The van der Waals surface area contributed by atoms with Crippen LogP contribution in [0.15, 0.2) is 29.6 Å². The van der Waals surface area contributed by atoms with Crippen molar-refractivity contribution in [2.75, 3.05) is 13.6 Å². The van der Waals surface area contributed by atoms with Crippen molar-refractivity contribution in [1.29, 1.82) is 0 Å². The van der Waals surface area contributed by atoms with Crippen LogP contribution in [-0.2, 0) is 6.42 Å². The Morgan fingerprint density at radius 2 is 2.20 bits per heavy atom. The molecule has 0 aliphatic rings. The maximum Gasteiger partial charge on any atom is 0.0345 e. The van der Waals surface area contributed by atoms with Crippen molar-refractivity contribution in [2.24, 2.45) is 5.73 Å². The lowest BCUT2D eigenvalue weighted by molar-refractivity contribution is 0.618. The van der Waals surface area contributed by atoms with Crippen molar-refractivity contribution in [3.05, 3.63) is 35.2 Å². The summed E-state index contributed by atoms with van der Waals surface area (Å²) in [6.07, 6.45) is 0.949. The van der Waals surface area contributed by atoms with Crippen molar-refractivity contribution in [3.8, 4) is 0 Å². The van der Waals surface area contributed by atoms with E-state index in [-0.39, 0.29) is 6.04 Å². The molecule has 0 spiro atoms. The van der Waals surface area contributed by atoms with Crippen LogP contribution in [0.5, 0.6) is 0 Å². The predicted octanol–water partition coefficient (Wildman–Crippen LogP) is 1.99. The fourth-order valence-electron chi connectivity index (χ4n) is 1.81. The van der Waals surface area contributed by atoms with Gasteiger partial charge in [0.25, 0.3) is 0 Å². The molecule has 0 aliphatic heterocycles. The lowest BCUT2D eigenvalue weighted by atomic mass is 10.1. The van der Waals surface area contributed by atoms with Gasteiger partial charge in [0.2, 0.25) is 0 Å². The minimum atomic E-state index is 0.202. The number of likely N-dealkylation sites (N-methyl/N-ethyl adjacent to an activating group) is 1. The van der Waals surface area contributed by atoms with Gasteiger partial charge in [-0.3, -0.25) is 0 Å². The quantitative estimate of drug-likeness (QED) is 0.827. The maximum absolute atomic E-state index is 6.01. The summed E-state index contributed by atoms with van der Waals surface area (Å²) in [6.45, 7) is 0.865. The summed E-state index contributed by atoms with van der Waals surface area (Å²) in [5, 5.41) is 6.68. The van der Waals surface area contributed by atoms with Crippen LogP contribution in [0.25, 0.3) is 10.1 Å². The first kappa shape index (κ1) is 10.6. The van der Waals surface area contributed by atoms with E-state index in [9.17, 15) is 0 Å². The van der Waals surface area contributed by atoms with Crippen molar-refractivity contribution in [2.45, 2.75) is 12.5 Å². The van der Waals surface area contributed by atoms with Crippen molar-refractivity contribution >= 4 is 21.4 Å². The molecule has 3 N–H and O–H groups in total. The molecule has 1 atom stereocenters. The predicted molar refractivity (Wildman–Crippen MR) is 67.4 cm³/mol. The molecule has 2 nitrogen and oxygen atoms in total. The molecule has 0 bridgehead atoms. The SMILES string of the molecule is CNCC(N)Cc1csc2ccccc12. The van der Waals surface area contributed by atoms with Gasteiger partial charge in [-0.15, -0.1) is 11.3 Å². The molecule has 3 heteroatoms. The van der Waals surface area contributed by atoms with Crippen molar-refractivity contribution < 1.29 is 0 Å². The van der Waals surface area contributed by atoms with Gasteiger partial charge in [-0.1, -0.05) is 18.2 Å². The van der Waals surface area contributed by atoms with Crippen molar-refractivity contribution in [1.82, 2.24) is 5.32 Å². The normalized spacial score (nSPS) is 13.2. The third-order valence-corrected chi connectivity index (χ3v) is 3.52.